The number of H-pyrrole nitrogens is 1. The number of nitrogens with one attached hydrogen (secondary N) is 1. The second-order valence-corrected chi connectivity index (χ2v) is 6.64. The summed E-state index contributed by atoms with van der Waals surface area (Å²) in [7, 11) is 0. The molecule has 124 valence electrons. The van der Waals surface area contributed by atoms with Crippen molar-refractivity contribution in [2.75, 3.05) is 0 Å². The molecule has 1 fully saturated rings. The van der Waals surface area contributed by atoms with Crippen LogP contribution in [0.15, 0.2) is 24.3 Å². The fraction of sp³-hybridized carbons (Fsp3) is 0.389. The van der Waals surface area contributed by atoms with Gasteiger partial charge in [-0.15, -0.1) is 0 Å². The maximum absolute atomic E-state index is 13.2. The molecule has 1 aromatic heterocycles. The third-order valence-electron chi connectivity index (χ3n) is 4.95. The molecule has 0 bridgehead atoms. The molecule has 0 unspecified atom stereocenters. The van der Waals surface area contributed by atoms with Gasteiger partial charge in [-0.1, -0.05) is 24.3 Å². The molecule has 1 aliphatic carbocycles. The first-order valence-corrected chi connectivity index (χ1v) is 8.21. The van der Waals surface area contributed by atoms with Crippen LogP contribution in [-0.4, -0.2) is 38.1 Å². The average molecular weight is 325 g/mol. The van der Waals surface area contributed by atoms with Crippen molar-refractivity contribution in [2.24, 2.45) is 0 Å². The molecule has 6 nitrogen and oxygen atoms in total. The predicted molar refractivity (Wildman–Crippen MR) is 86.7 cm³/mol. The molecule has 2 N–H and O–H groups in total. The largest absolute Gasteiger partial charge is 0.480 e. The minimum atomic E-state index is -0.966. The van der Waals surface area contributed by atoms with Crippen molar-refractivity contribution >= 4 is 11.9 Å². The molecule has 1 atom stereocenters. The van der Waals surface area contributed by atoms with Gasteiger partial charge in [0.2, 0.25) is 0 Å². The number of aliphatic carboxylic acids is 1. The number of carboxylic acid groups (broad SMARTS) is 1. The van der Waals surface area contributed by atoms with Gasteiger partial charge in [0.15, 0.2) is 0 Å². The summed E-state index contributed by atoms with van der Waals surface area (Å²) < 4.78 is 0. The molecule has 24 heavy (non-hydrogen) atoms. The molecular formula is C18H19N3O3. The molecule has 1 aromatic carbocycles. The van der Waals surface area contributed by atoms with Gasteiger partial charge in [-0.2, -0.15) is 5.10 Å². The van der Waals surface area contributed by atoms with E-state index in [1.807, 2.05) is 31.2 Å². The number of fused-ring (bicyclic) bond motifs is 1. The fourth-order valence-electron chi connectivity index (χ4n) is 3.47. The second-order valence-electron chi connectivity index (χ2n) is 6.64. The Labute approximate surface area is 139 Å². The summed E-state index contributed by atoms with van der Waals surface area (Å²) in [5.74, 6) is -0.869. The highest BCUT2D eigenvalue weighted by Crippen LogP contribution is 2.41. The van der Waals surface area contributed by atoms with Crippen molar-refractivity contribution in [3.8, 4) is 0 Å². The zero-order valence-electron chi connectivity index (χ0n) is 13.5. The number of nitrogens with zero attached hydrogens (tertiary/aromatic N) is 2. The number of carbonyl (C=O) groups excluding carboxylic acids is 1. The lowest BCUT2D eigenvalue weighted by atomic mass is 9.93. The number of rotatable bonds is 3. The van der Waals surface area contributed by atoms with Gasteiger partial charge < -0.3 is 10.0 Å². The molecule has 2 aliphatic rings. The Morgan fingerprint density at radius 1 is 1.25 bits per heavy atom. The van der Waals surface area contributed by atoms with Crippen LogP contribution in [0.1, 0.15) is 51.6 Å². The van der Waals surface area contributed by atoms with Crippen LogP contribution in [0, 0.1) is 6.92 Å². The highest BCUT2D eigenvalue weighted by Gasteiger charge is 2.39. The Morgan fingerprint density at radius 3 is 2.62 bits per heavy atom. The Hall–Kier alpha value is -2.63. The lowest BCUT2D eigenvalue weighted by Crippen LogP contribution is -2.48. The molecule has 1 aliphatic heterocycles. The van der Waals surface area contributed by atoms with Gasteiger partial charge in [-0.05, 0) is 30.9 Å². The zero-order valence-corrected chi connectivity index (χ0v) is 13.5. The van der Waals surface area contributed by atoms with Crippen LogP contribution < -0.4 is 0 Å². The summed E-state index contributed by atoms with van der Waals surface area (Å²) in [5, 5.41) is 16.8. The molecule has 6 heteroatoms. The fourth-order valence-corrected chi connectivity index (χ4v) is 3.47. The molecule has 1 amide bonds. The third kappa shape index (κ3) is 2.38. The van der Waals surface area contributed by atoms with Gasteiger partial charge >= 0.3 is 5.97 Å². The monoisotopic (exact) mass is 325 g/mol. The topological polar surface area (TPSA) is 86.3 Å². The number of carbonyl (C=O) groups is 2. The first-order valence-electron chi connectivity index (χ1n) is 8.21. The number of aryl methyl sites for hydroxylation is 1. The van der Waals surface area contributed by atoms with Gasteiger partial charge in [0.25, 0.3) is 5.91 Å². The number of aromatic amines is 1. The van der Waals surface area contributed by atoms with Crippen molar-refractivity contribution < 1.29 is 14.7 Å². The Bertz CT molecular complexity index is 823. The van der Waals surface area contributed by atoms with E-state index in [1.165, 1.54) is 4.90 Å². The van der Waals surface area contributed by atoms with Crippen LogP contribution in [0.25, 0.3) is 0 Å². The molecule has 2 aromatic rings. The summed E-state index contributed by atoms with van der Waals surface area (Å²) in [6, 6.07) is 6.87. The molecule has 4 rings (SSSR count). The number of carboxylic acids is 1. The van der Waals surface area contributed by atoms with Gasteiger partial charge in [-0.25, -0.2) is 4.79 Å². The maximum atomic E-state index is 13.2. The van der Waals surface area contributed by atoms with Crippen molar-refractivity contribution in [2.45, 2.75) is 44.7 Å². The summed E-state index contributed by atoms with van der Waals surface area (Å²) in [6.07, 6.45) is 2.42. The lowest BCUT2D eigenvalue weighted by Gasteiger charge is -2.34. The average Bonchev–Trinajstić information content (AvgIpc) is 3.35. The highest BCUT2D eigenvalue weighted by atomic mass is 16.4. The SMILES string of the molecule is Cc1[nH]nc(C2CC2)c1C(=O)N1Cc2ccccc2C[C@@H]1C(=O)O. The molecule has 0 spiro atoms. The lowest BCUT2D eigenvalue weighted by molar-refractivity contribution is -0.142. The Morgan fingerprint density at radius 2 is 1.96 bits per heavy atom. The van der Waals surface area contributed by atoms with E-state index >= 15 is 0 Å². The molecule has 1 saturated carbocycles. The molecular weight excluding hydrogens is 306 g/mol. The summed E-state index contributed by atoms with van der Waals surface area (Å²) in [4.78, 5) is 26.4. The van der Waals surface area contributed by atoms with Crippen molar-refractivity contribution in [1.29, 1.82) is 0 Å². The van der Waals surface area contributed by atoms with Crippen LogP contribution in [0.3, 0.4) is 0 Å². The summed E-state index contributed by atoms with van der Waals surface area (Å²) in [5.41, 5.74) is 4.08. The normalized spacial score (nSPS) is 19.9. The number of benzene rings is 1. The Balaban J connectivity index is 1.73. The van der Waals surface area contributed by atoms with E-state index in [2.05, 4.69) is 10.2 Å². The van der Waals surface area contributed by atoms with Crippen LogP contribution in [-0.2, 0) is 17.8 Å². The second kappa shape index (κ2) is 5.47. The van der Waals surface area contributed by atoms with E-state index < -0.39 is 12.0 Å². The van der Waals surface area contributed by atoms with Crippen molar-refractivity contribution in [1.82, 2.24) is 15.1 Å². The van der Waals surface area contributed by atoms with Gasteiger partial charge in [0.1, 0.15) is 6.04 Å². The maximum Gasteiger partial charge on any atom is 0.326 e. The zero-order chi connectivity index (χ0) is 16.8. The first-order chi connectivity index (χ1) is 11.6. The van der Waals surface area contributed by atoms with E-state index in [0.717, 1.165) is 29.7 Å². The minimum absolute atomic E-state index is 0.231. The van der Waals surface area contributed by atoms with Crippen molar-refractivity contribution in [3.05, 3.63) is 52.3 Å². The first kappa shape index (κ1) is 14.9. The van der Waals surface area contributed by atoms with E-state index in [1.54, 1.807) is 0 Å². The molecule has 0 radical (unpaired) electrons. The van der Waals surface area contributed by atoms with Crippen LogP contribution >= 0.6 is 0 Å². The van der Waals surface area contributed by atoms with Crippen molar-refractivity contribution in [3.63, 3.8) is 0 Å². The quantitative estimate of drug-likeness (QED) is 0.906. The van der Waals surface area contributed by atoms with E-state index in [-0.39, 0.29) is 5.91 Å². The van der Waals surface area contributed by atoms with Crippen LogP contribution in [0.2, 0.25) is 0 Å². The molecule has 0 saturated heterocycles. The smallest absolute Gasteiger partial charge is 0.326 e. The standard InChI is InChI=1S/C18H19N3O3/c1-10-15(16(20-19-10)11-6-7-11)17(22)21-9-13-5-3-2-4-12(13)8-14(21)18(23)24/h2-5,11,14H,6-9H2,1H3,(H,19,20)(H,23,24)/t14-/m1/s1. The Kier molecular flexibility index (Phi) is 3.40. The van der Waals surface area contributed by atoms with Crippen LogP contribution in [0.4, 0.5) is 0 Å². The minimum Gasteiger partial charge on any atom is -0.480 e. The number of aromatic nitrogens is 2. The van der Waals surface area contributed by atoms with E-state index in [4.69, 9.17) is 0 Å². The van der Waals surface area contributed by atoms with E-state index in [9.17, 15) is 14.7 Å². The van der Waals surface area contributed by atoms with Gasteiger partial charge in [-0.3, -0.25) is 9.89 Å². The predicted octanol–water partition coefficient (Wildman–Crippen LogP) is 2.25. The van der Waals surface area contributed by atoms with Crippen LogP contribution in [0.5, 0.6) is 0 Å². The summed E-state index contributed by atoms with van der Waals surface area (Å²) in [6.45, 7) is 2.14. The van der Waals surface area contributed by atoms with Gasteiger partial charge in [0.05, 0.1) is 11.3 Å². The highest BCUT2D eigenvalue weighted by molar-refractivity contribution is 5.99. The van der Waals surface area contributed by atoms with E-state index in [0.29, 0.717) is 30.1 Å². The number of amides is 1. The van der Waals surface area contributed by atoms with Gasteiger partial charge in [0, 0.05) is 24.6 Å². The number of hydrogen-bond donors (Lipinski definition) is 2. The molecule has 2 heterocycles. The summed E-state index contributed by atoms with van der Waals surface area (Å²) >= 11 is 0. The third-order valence-corrected chi connectivity index (χ3v) is 4.95. The number of hydrogen-bond acceptors (Lipinski definition) is 3.